The molecule has 2 N–H and O–H groups in total. The van der Waals surface area contributed by atoms with Gasteiger partial charge in [-0.05, 0) is 110 Å². The van der Waals surface area contributed by atoms with Gasteiger partial charge in [0.2, 0.25) is 19.7 Å². The van der Waals surface area contributed by atoms with Crippen molar-refractivity contribution in [3.63, 3.8) is 0 Å². The maximum absolute atomic E-state index is 12.3. The Morgan fingerprint density at radius 3 is 1.50 bits per heavy atom. The van der Waals surface area contributed by atoms with Crippen LogP contribution < -0.4 is 5.73 Å². The average molecular weight is 654 g/mol. The summed E-state index contributed by atoms with van der Waals surface area (Å²) in [6.45, 7) is 3.64. The third-order valence-corrected chi connectivity index (χ3v) is 8.27. The second-order valence-corrected chi connectivity index (χ2v) is 13.6. The van der Waals surface area contributed by atoms with Gasteiger partial charge in [0.1, 0.15) is 0 Å². The van der Waals surface area contributed by atoms with Gasteiger partial charge in [0.15, 0.2) is 13.8 Å². The number of nitrogens with two attached hydrogens (primary N) is 1. The van der Waals surface area contributed by atoms with E-state index >= 15 is 0 Å². The van der Waals surface area contributed by atoms with Crippen LogP contribution in [0.1, 0.15) is 11.1 Å². The first-order valence-corrected chi connectivity index (χ1v) is 15.5. The van der Waals surface area contributed by atoms with Gasteiger partial charge < -0.3 is 5.73 Å². The Hall–Kier alpha value is -3.09. The minimum absolute atomic E-state index is 0.0404. The number of thiocarbonyl (C=S) groups is 2. The molecule has 0 saturated carbocycles. The van der Waals surface area contributed by atoms with E-state index < -0.39 is 19.7 Å². The standard InChI is InChI=1S/C13H10N2O2S2.C12H12N2O2S.CCl2S/c1-10-6-7-14-13(8-10)19(16,17)12-4-2-11(3-5-12)15-9-18;1-9-6-7-14-12(8-9)17(15,16)11-4-2-10(13)3-5-11;2-1(3)4/h2-8H,1H3;2-8H,13H2,1H3;. The molecule has 2 aromatic heterocycles. The highest BCUT2D eigenvalue weighted by Crippen LogP contribution is 2.22. The molecule has 0 radical (unpaired) electrons. The number of hydrogen-bond donors (Lipinski definition) is 1. The first kappa shape index (κ1) is 33.1. The Morgan fingerprint density at radius 2 is 1.15 bits per heavy atom. The third-order valence-electron chi connectivity index (χ3n) is 4.84. The van der Waals surface area contributed by atoms with Crippen LogP contribution in [0.3, 0.4) is 0 Å². The summed E-state index contributed by atoms with van der Waals surface area (Å²) >= 11 is 18.1. The lowest BCUT2D eigenvalue weighted by molar-refractivity contribution is 0.590. The Balaban J connectivity index is 0.000000249. The van der Waals surface area contributed by atoms with Gasteiger partial charge in [-0.15, -0.1) is 0 Å². The van der Waals surface area contributed by atoms with Crippen molar-refractivity contribution < 1.29 is 16.8 Å². The number of benzene rings is 2. The molecule has 0 atom stereocenters. The maximum atomic E-state index is 12.3. The van der Waals surface area contributed by atoms with Crippen LogP contribution in [0.15, 0.2) is 110 Å². The summed E-state index contributed by atoms with van der Waals surface area (Å²) in [5.41, 5.74) is 8.31. The highest BCUT2D eigenvalue weighted by atomic mass is 35.5. The molecule has 4 aromatic rings. The van der Waals surface area contributed by atoms with E-state index in [9.17, 15) is 16.8 Å². The van der Waals surface area contributed by atoms with Crippen molar-refractivity contribution in [2.24, 2.45) is 4.99 Å². The number of pyridine rings is 2. The number of sulfone groups is 2. The van der Waals surface area contributed by atoms with Crippen LogP contribution in [0, 0.1) is 13.8 Å². The van der Waals surface area contributed by atoms with Crippen molar-refractivity contribution in [3.8, 4) is 0 Å². The number of rotatable bonds is 5. The van der Waals surface area contributed by atoms with Gasteiger partial charge in [-0.3, -0.25) is 0 Å². The smallest absolute Gasteiger partial charge is 0.223 e. The molecule has 0 spiro atoms. The fraction of sp³-hybridized carbons (Fsp3) is 0.0769. The fourth-order valence-electron chi connectivity index (χ4n) is 2.95. The average Bonchev–Trinajstić information content (AvgIpc) is 2.90. The zero-order valence-electron chi connectivity index (χ0n) is 21.0. The molecule has 208 valence electrons. The molecule has 14 heteroatoms. The molecule has 0 aliphatic rings. The van der Waals surface area contributed by atoms with Crippen molar-refractivity contribution in [1.29, 1.82) is 0 Å². The van der Waals surface area contributed by atoms with Crippen LogP contribution in [0.2, 0.25) is 0 Å². The summed E-state index contributed by atoms with van der Waals surface area (Å²) in [7, 11) is -7.14. The quantitative estimate of drug-likeness (QED) is 0.111. The molecule has 8 nitrogen and oxygen atoms in total. The summed E-state index contributed by atoms with van der Waals surface area (Å²) in [6.07, 6.45) is 2.96. The van der Waals surface area contributed by atoms with Crippen molar-refractivity contribution in [2.75, 3.05) is 5.73 Å². The van der Waals surface area contributed by atoms with E-state index in [2.05, 4.69) is 44.6 Å². The first-order valence-electron chi connectivity index (χ1n) is 11.0. The minimum Gasteiger partial charge on any atom is -0.399 e. The van der Waals surface area contributed by atoms with Gasteiger partial charge in [-0.2, -0.15) is 4.99 Å². The monoisotopic (exact) mass is 652 g/mol. The van der Waals surface area contributed by atoms with Crippen molar-refractivity contribution in [1.82, 2.24) is 9.97 Å². The maximum Gasteiger partial charge on any atom is 0.223 e. The van der Waals surface area contributed by atoms with Crippen LogP contribution in [0.5, 0.6) is 0 Å². The molecule has 0 amide bonds. The van der Waals surface area contributed by atoms with Crippen LogP contribution in [0.25, 0.3) is 0 Å². The number of halogens is 2. The molecule has 0 fully saturated rings. The minimum atomic E-state index is -3.59. The normalized spacial score (nSPS) is 10.6. The van der Waals surface area contributed by atoms with E-state index in [1.165, 1.54) is 36.7 Å². The Kier molecular flexibility index (Phi) is 12.5. The van der Waals surface area contributed by atoms with Gasteiger partial charge in [-0.1, -0.05) is 35.4 Å². The SMILES string of the molecule is Cc1ccnc(S(=O)(=O)c2ccc(N)cc2)c1.Cc1ccnc(S(=O)(=O)c2ccc(N=C=S)cc2)c1.S=C(Cl)Cl. The molecule has 0 aliphatic heterocycles. The molecule has 0 bridgehead atoms. The van der Waals surface area contributed by atoms with Gasteiger partial charge in [0.05, 0.1) is 20.6 Å². The number of aliphatic imine (C=N–C) groups is 1. The number of aromatic nitrogens is 2. The van der Waals surface area contributed by atoms with Crippen molar-refractivity contribution in [2.45, 2.75) is 33.7 Å². The lowest BCUT2D eigenvalue weighted by Gasteiger charge is -2.04. The third kappa shape index (κ3) is 9.83. The van der Waals surface area contributed by atoms with Gasteiger partial charge in [0, 0.05) is 18.1 Å². The summed E-state index contributed by atoms with van der Waals surface area (Å²) < 4.78 is 49.0. The number of aryl methyl sites for hydroxylation is 2. The molecule has 2 heterocycles. The molecule has 4 rings (SSSR count). The zero-order valence-corrected chi connectivity index (χ0v) is 25.8. The predicted octanol–water partition coefficient (Wildman–Crippen LogP) is 6.51. The van der Waals surface area contributed by atoms with Gasteiger partial charge in [-0.25, -0.2) is 26.8 Å². The van der Waals surface area contributed by atoms with E-state index in [1.807, 2.05) is 13.8 Å². The van der Waals surface area contributed by atoms with Gasteiger partial charge >= 0.3 is 0 Å². The lowest BCUT2D eigenvalue weighted by atomic mass is 10.3. The van der Waals surface area contributed by atoms with E-state index in [1.54, 1.807) is 48.5 Å². The Bertz CT molecular complexity index is 1740. The number of anilines is 1. The van der Waals surface area contributed by atoms with Crippen LogP contribution >= 0.6 is 47.6 Å². The highest BCUT2D eigenvalue weighted by Gasteiger charge is 2.19. The Labute approximate surface area is 253 Å². The highest BCUT2D eigenvalue weighted by molar-refractivity contribution is 7.91. The molecule has 0 saturated heterocycles. The fourth-order valence-corrected chi connectivity index (χ4v) is 5.61. The van der Waals surface area contributed by atoms with E-state index in [0.29, 0.717) is 11.4 Å². The molecular weight excluding hydrogens is 631 g/mol. The summed E-state index contributed by atoms with van der Waals surface area (Å²) in [6, 6.07) is 18.8. The second kappa shape index (κ2) is 15.1. The molecular formula is C26H22Cl2N4O4S4. The summed E-state index contributed by atoms with van der Waals surface area (Å²) in [5.74, 6) is 0. The second-order valence-electron chi connectivity index (χ2n) is 7.84. The largest absolute Gasteiger partial charge is 0.399 e. The number of isothiocyanates is 1. The number of nitrogen functional groups attached to an aromatic ring is 1. The lowest BCUT2D eigenvalue weighted by Crippen LogP contribution is -2.04. The topological polar surface area (TPSA) is 132 Å². The predicted molar refractivity (Wildman–Crippen MR) is 165 cm³/mol. The number of nitrogens with zero attached hydrogens (tertiary/aromatic N) is 3. The molecule has 40 heavy (non-hydrogen) atoms. The first-order chi connectivity index (χ1) is 18.8. The zero-order chi connectivity index (χ0) is 29.9. The van der Waals surface area contributed by atoms with E-state index in [-0.39, 0.29) is 23.6 Å². The van der Waals surface area contributed by atoms with Crippen LogP contribution in [-0.4, -0.2) is 35.7 Å². The van der Waals surface area contributed by atoms with Gasteiger partial charge in [0.25, 0.3) is 0 Å². The van der Waals surface area contributed by atoms with Crippen molar-refractivity contribution >= 4 is 87.6 Å². The van der Waals surface area contributed by atoms with Crippen LogP contribution in [0.4, 0.5) is 11.4 Å². The van der Waals surface area contributed by atoms with E-state index in [4.69, 9.17) is 28.9 Å². The van der Waals surface area contributed by atoms with Crippen LogP contribution in [-0.2, 0) is 19.7 Å². The van der Waals surface area contributed by atoms with Crippen molar-refractivity contribution in [3.05, 3.63) is 96.3 Å². The number of hydrogen-bond acceptors (Lipinski definition) is 10. The summed E-state index contributed by atoms with van der Waals surface area (Å²) in [4.78, 5) is 11.9. The Morgan fingerprint density at radius 1 is 0.775 bits per heavy atom. The summed E-state index contributed by atoms with van der Waals surface area (Å²) in [5, 5.41) is 2.33. The molecule has 0 unspecified atom stereocenters. The molecule has 0 aliphatic carbocycles. The molecule has 2 aromatic carbocycles. The van der Waals surface area contributed by atoms with E-state index in [0.717, 1.165) is 11.1 Å².